The summed E-state index contributed by atoms with van der Waals surface area (Å²) >= 11 is 0. The van der Waals surface area contributed by atoms with Crippen molar-refractivity contribution in [3.8, 4) is 0 Å². The number of aromatic nitrogens is 2. The molecule has 1 aliphatic heterocycles. The summed E-state index contributed by atoms with van der Waals surface area (Å²) in [6.07, 6.45) is 5.24. The van der Waals surface area contributed by atoms with E-state index in [0.29, 0.717) is 24.5 Å². The Morgan fingerprint density at radius 3 is 2.28 bits per heavy atom. The maximum atomic E-state index is 13.5. The molecule has 11 nitrogen and oxygen atoms in total. The molecule has 2 aromatic carbocycles. The number of nitrogens with zero attached hydrogens (tertiary/aromatic N) is 3. The molecule has 2 amide bonds. The minimum absolute atomic E-state index is 0.00462. The van der Waals surface area contributed by atoms with Gasteiger partial charge in [-0.3, -0.25) is 19.1 Å². The molecule has 230 valence electrons. The predicted molar refractivity (Wildman–Crippen MR) is 165 cm³/mol. The Labute approximate surface area is 253 Å². The number of anilines is 1. The van der Waals surface area contributed by atoms with Gasteiger partial charge in [-0.1, -0.05) is 67.2 Å². The molecule has 0 saturated carbocycles. The van der Waals surface area contributed by atoms with Gasteiger partial charge >= 0.3 is 0 Å². The zero-order valence-electron chi connectivity index (χ0n) is 25.1. The number of hydrogen-bond acceptors (Lipinski definition) is 8. The van der Waals surface area contributed by atoms with E-state index in [0.717, 1.165) is 37.1 Å². The highest BCUT2D eigenvalue weighted by molar-refractivity contribution is 5.95. The maximum Gasteiger partial charge on any atom is 0.292 e. The lowest BCUT2D eigenvalue weighted by Crippen LogP contribution is -2.49. The van der Waals surface area contributed by atoms with E-state index in [1.54, 1.807) is 17.1 Å². The number of ether oxygens (including phenoxy) is 2. The Bertz CT molecular complexity index is 1320. The van der Waals surface area contributed by atoms with Crippen molar-refractivity contribution < 1.29 is 23.9 Å². The van der Waals surface area contributed by atoms with Crippen LogP contribution in [0.1, 0.15) is 43.9 Å². The van der Waals surface area contributed by atoms with Gasteiger partial charge in [0.1, 0.15) is 6.04 Å². The molecule has 2 heterocycles. The lowest BCUT2D eigenvalue weighted by molar-refractivity contribution is -0.132. The Morgan fingerprint density at radius 1 is 1.09 bits per heavy atom. The van der Waals surface area contributed by atoms with Crippen LogP contribution in [0.5, 0.6) is 0 Å². The van der Waals surface area contributed by atoms with E-state index >= 15 is 0 Å². The fourth-order valence-corrected chi connectivity index (χ4v) is 4.38. The van der Waals surface area contributed by atoms with Crippen LogP contribution >= 0.6 is 0 Å². The molecule has 4 N–H and O–H groups in total. The number of carbonyl (C=O) groups excluding carboxylic acids is 3. The summed E-state index contributed by atoms with van der Waals surface area (Å²) in [5.74, 6) is -0.329. The highest BCUT2D eigenvalue weighted by Crippen LogP contribution is 2.24. The molecule has 0 aliphatic carbocycles. The Morgan fingerprint density at radius 2 is 1.70 bits per heavy atom. The Hall–Kier alpha value is -4.48. The van der Waals surface area contributed by atoms with Gasteiger partial charge in [-0.15, -0.1) is 0 Å². The second kappa shape index (κ2) is 16.2. The van der Waals surface area contributed by atoms with Crippen LogP contribution in [0.3, 0.4) is 0 Å². The topological polar surface area (TPSA) is 141 Å². The van der Waals surface area contributed by atoms with E-state index < -0.39 is 17.6 Å². The summed E-state index contributed by atoms with van der Waals surface area (Å²) < 4.78 is 11.3. The smallest absolute Gasteiger partial charge is 0.292 e. The SMILES string of the molecule is C=C(NC(COCc1ccccc1)C(=O)Nc1cnn(C(C(=O)N2CCCC2)c2ccccc2)c1)C(C)(C)N.COC=O. The zero-order chi connectivity index (χ0) is 31.2. The zero-order valence-corrected chi connectivity index (χ0v) is 25.1. The molecule has 1 fully saturated rings. The molecule has 1 aromatic heterocycles. The van der Waals surface area contributed by atoms with Crippen molar-refractivity contribution in [2.75, 3.05) is 32.1 Å². The average Bonchev–Trinajstić information content (AvgIpc) is 3.70. The molecular formula is C32H42N6O5. The lowest BCUT2D eigenvalue weighted by Gasteiger charge is -2.28. The molecule has 2 atom stereocenters. The standard InChI is InChI=1S/C30H38N6O3.C2H4O2/c1-22(30(2,3)31)33-26(21-39-20-23-12-6-4-7-13-23)28(37)34-25-18-32-36(19-25)27(24-14-8-5-9-15-24)29(38)35-16-10-11-17-35;1-4-2-3/h4-9,12-15,18-19,26-27,33H,1,10-11,16-17,20-21,31H2,2-3H3,(H,34,37);2H,1H3. The maximum absolute atomic E-state index is 13.5. The molecule has 43 heavy (non-hydrogen) atoms. The van der Waals surface area contributed by atoms with Gasteiger partial charge in [0.25, 0.3) is 12.4 Å². The molecule has 4 rings (SSSR count). The van der Waals surface area contributed by atoms with Gasteiger partial charge in [-0.2, -0.15) is 5.10 Å². The third kappa shape index (κ3) is 10.1. The van der Waals surface area contributed by atoms with Crippen LogP contribution in [-0.4, -0.2) is 71.4 Å². The summed E-state index contributed by atoms with van der Waals surface area (Å²) in [6, 6.07) is 18.0. The first-order valence-electron chi connectivity index (χ1n) is 14.2. The Kier molecular flexibility index (Phi) is 12.5. The third-order valence-electron chi connectivity index (χ3n) is 6.84. The number of amides is 2. The van der Waals surface area contributed by atoms with Gasteiger partial charge in [-0.25, -0.2) is 0 Å². The minimum atomic E-state index is -0.747. The van der Waals surface area contributed by atoms with Crippen molar-refractivity contribution in [3.63, 3.8) is 0 Å². The van der Waals surface area contributed by atoms with Crippen molar-refractivity contribution >= 4 is 24.0 Å². The number of benzene rings is 2. The summed E-state index contributed by atoms with van der Waals surface area (Å²) in [5, 5.41) is 10.5. The summed E-state index contributed by atoms with van der Waals surface area (Å²) in [7, 11) is 1.31. The van der Waals surface area contributed by atoms with Gasteiger partial charge in [0, 0.05) is 30.5 Å². The minimum Gasteiger partial charge on any atom is -0.471 e. The monoisotopic (exact) mass is 590 g/mol. The van der Waals surface area contributed by atoms with Crippen LogP contribution in [0.4, 0.5) is 5.69 Å². The van der Waals surface area contributed by atoms with Gasteiger partial charge in [0.15, 0.2) is 6.04 Å². The fourth-order valence-electron chi connectivity index (χ4n) is 4.38. The van der Waals surface area contributed by atoms with Crippen molar-refractivity contribution in [2.24, 2.45) is 5.73 Å². The number of nitrogens with one attached hydrogen (secondary N) is 2. The molecule has 1 saturated heterocycles. The van der Waals surface area contributed by atoms with Crippen LogP contribution in [0, 0.1) is 0 Å². The number of nitrogens with two attached hydrogens (primary N) is 1. The quantitative estimate of drug-likeness (QED) is 0.258. The van der Waals surface area contributed by atoms with Gasteiger partial charge in [0.2, 0.25) is 5.91 Å². The second-order valence-electron chi connectivity index (χ2n) is 10.8. The molecule has 1 aliphatic rings. The first kappa shape index (κ1) is 33.0. The lowest BCUT2D eigenvalue weighted by atomic mass is 10.0. The summed E-state index contributed by atoms with van der Waals surface area (Å²) in [4.78, 5) is 37.7. The Balaban J connectivity index is 0.00000119. The number of hydrogen-bond donors (Lipinski definition) is 3. The van der Waals surface area contributed by atoms with E-state index in [2.05, 4.69) is 27.0 Å². The summed E-state index contributed by atoms with van der Waals surface area (Å²) in [5.41, 5.74) is 8.29. The van der Waals surface area contributed by atoms with Crippen LogP contribution in [0.25, 0.3) is 0 Å². The van der Waals surface area contributed by atoms with Gasteiger partial charge in [0.05, 0.1) is 32.2 Å². The predicted octanol–water partition coefficient (Wildman–Crippen LogP) is 3.25. The molecule has 0 bridgehead atoms. The van der Waals surface area contributed by atoms with E-state index in [1.807, 2.05) is 79.4 Å². The van der Waals surface area contributed by atoms with Crippen molar-refractivity contribution in [1.29, 1.82) is 0 Å². The molecular weight excluding hydrogens is 548 g/mol. The van der Waals surface area contributed by atoms with Crippen LogP contribution < -0.4 is 16.4 Å². The van der Waals surface area contributed by atoms with Gasteiger partial charge < -0.3 is 30.7 Å². The normalized spacial score (nSPS) is 14.1. The third-order valence-corrected chi connectivity index (χ3v) is 6.84. The molecule has 0 spiro atoms. The average molecular weight is 591 g/mol. The van der Waals surface area contributed by atoms with E-state index in [1.165, 1.54) is 7.11 Å². The van der Waals surface area contributed by atoms with Crippen LogP contribution in [0.2, 0.25) is 0 Å². The first-order chi connectivity index (χ1) is 20.6. The van der Waals surface area contributed by atoms with Crippen molar-refractivity contribution in [2.45, 2.75) is 50.9 Å². The number of carbonyl (C=O) groups is 3. The fraction of sp³-hybridized carbons (Fsp3) is 0.375. The number of methoxy groups -OCH3 is 1. The van der Waals surface area contributed by atoms with Gasteiger partial charge in [-0.05, 0) is 37.8 Å². The molecule has 3 aromatic rings. The van der Waals surface area contributed by atoms with E-state index in [9.17, 15) is 9.59 Å². The molecule has 11 heteroatoms. The van der Waals surface area contributed by atoms with Crippen molar-refractivity contribution in [3.05, 3.63) is 96.5 Å². The largest absolute Gasteiger partial charge is 0.471 e. The highest BCUT2D eigenvalue weighted by Gasteiger charge is 2.30. The van der Waals surface area contributed by atoms with E-state index in [4.69, 9.17) is 15.3 Å². The van der Waals surface area contributed by atoms with Crippen LogP contribution in [-0.2, 0) is 30.5 Å². The van der Waals surface area contributed by atoms with Crippen LogP contribution in [0.15, 0.2) is 85.3 Å². The first-order valence-corrected chi connectivity index (χ1v) is 14.2. The second-order valence-corrected chi connectivity index (χ2v) is 10.8. The number of likely N-dealkylation sites (tertiary alicyclic amines) is 1. The van der Waals surface area contributed by atoms with Crippen molar-refractivity contribution in [1.82, 2.24) is 20.0 Å². The summed E-state index contributed by atoms with van der Waals surface area (Å²) in [6.45, 7) is 9.95. The molecule has 2 unspecified atom stereocenters. The number of rotatable bonds is 13. The van der Waals surface area contributed by atoms with E-state index in [-0.39, 0.29) is 18.4 Å². The highest BCUT2D eigenvalue weighted by atomic mass is 16.5. The molecule has 0 radical (unpaired) electrons.